The van der Waals surface area contributed by atoms with E-state index in [1.807, 2.05) is 39.0 Å². The molecule has 0 saturated carbocycles. The van der Waals surface area contributed by atoms with Gasteiger partial charge in [-0.1, -0.05) is 13.8 Å². The number of rotatable bonds is 4. The molecule has 1 saturated heterocycles. The molecule has 1 aliphatic carbocycles. The fourth-order valence-electron chi connectivity index (χ4n) is 3.95. The highest BCUT2D eigenvalue weighted by atomic mass is 32.2. The van der Waals surface area contributed by atoms with Crippen molar-refractivity contribution in [3.63, 3.8) is 0 Å². The number of carbonyl (C=O) groups is 2. The molecule has 6 heteroatoms. The minimum Gasteiger partial charge on any atom is -0.508 e. The molecular formula is C23H23NO4S. The third-order valence-corrected chi connectivity index (χ3v) is 6.15. The molecule has 4 rings (SSSR count). The predicted molar refractivity (Wildman–Crippen MR) is 115 cm³/mol. The average Bonchev–Trinajstić information content (AvgIpc) is 3.26. The van der Waals surface area contributed by atoms with Gasteiger partial charge >= 0.3 is 0 Å². The Hall–Kier alpha value is -2.73. The van der Waals surface area contributed by atoms with E-state index in [9.17, 15) is 14.7 Å². The molecule has 5 nitrogen and oxygen atoms in total. The van der Waals surface area contributed by atoms with Crippen molar-refractivity contribution in [2.24, 2.45) is 0 Å². The Labute approximate surface area is 174 Å². The number of hydrogen-bond acceptors (Lipinski definition) is 5. The second-order valence-electron chi connectivity index (χ2n) is 7.75. The van der Waals surface area contributed by atoms with Crippen molar-refractivity contribution in [3.05, 3.63) is 57.0 Å². The molecule has 0 radical (unpaired) electrons. The number of benzene rings is 2. The minimum atomic E-state index is -0.338. The zero-order valence-corrected chi connectivity index (χ0v) is 17.5. The van der Waals surface area contributed by atoms with E-state index >= 15 is 0 Å². The first-order chi connectivity index (χ1) is 13.8. The van der Waals surface area contributed by atoms with Crippen LogP contribution in [-0.2, 0) is 17.6 Å². The lowest BCUT2D eigenvalue weighted by Crippen LogP contribution is -2.17. The first kappa shape index (κ1) is 19.6. The quantitative estimate of drug-likeness (QED) is 0.659. The molecule has 0 bridgehead atoms. The SMILES string of the molecule is Cc1cc(/C=C2\SC(=O)NC2=O)c2c(c1Oc1ccc(O)c(C(C)C)c1)CCC2. The smallest absolute Gasteiger partial charge is 0.290 e. The molecule has 2 amide bonds. The number of aryl methyl sites for hydroxylation is 1. The third kappa shape index (κ3) is 3.77. The van der Waals surface area contributed by atoms with Crippen LogP contribution in [0.2, 0.25) is 0 Å². The number of thioether (sulfide) groups is 1. The van der Waals surface area contributed by atoms with Crippen molar-refractivity contribution < 1.29 is 19.4 Å². The van der Waals surface area contributed by atoms with Crippen molar-refractivity contribution in [2.75, 3.05) is 0 Å². The first-order valence-corrected chi connectivity index (χ1v) is 10.6. The Morgan fingerprint density at radius 1 is 1.17 bits per heavy atom. The van der Waals surface area contributed by atoms with Crippen LogP contribution in [0.3, 0.4) is 0 Å². The largest absolute Gasteiger partial charge is 0.508 e. The van der Waals surface area contributed by atoms with E-state index in [2.05, 4.69) is 5.32 Å². The highest BCUT2D eigenvalue weighted by molar-refractivity contribution is 8.18. The monoisotopic (exact) mass is 409 g/mol. The van der Waals surface area contributed by atoms with Crippen molar-refractivity contribution in [1.82, 2.24) is 5.32 Å². The zero-order chi connectivity index (χ0) is 20.7. The summed E-state index contributed by atoms with van der Waals surface area (Å²) in [7, 11) is 0. The molecular weight excluding hydrogens is 386 g/mol. The lowest BCUT2D eigenvalue weighted by atomic mass is 9.98. The summed E-state index contributed by atoms with van der Waals surface area (Å²) in [5, 5.41) is 12.0. The van der Waals surface area contributed by atoms with Crippen LogP contribution in [0.25, 0.3) is 6.08 Å². The number of nitrogens with one attached hydrogen (secondary N) is 1. The summed E-state index contributed by atoms with van der Waals surface area (Å²) in [4.78, 5) is 23.8. The molecule has 2 N–H and O–H groups in total. The van der Waals surface area contributed by atoms with E-state index in [4.69, 9.17) is 4.74 Å². The summed E-state index contributed by atoms with van der Waals surface area (Å²) in [6.07, 6.45) is 4.66. The number of amides is 2. The number of imide groups is 1. The molecule has 29 heavy (non-hydrogen) atoms. The summed E-state index contributed by atoms with van der Waals surface area (Å²) < 4.78 is 6.29. The maximum absolute atomic E-state index is 11.9. The maximum atomic E-state index is 11.9. The van der Waals surface area contributed by atoms with E-state index in [1.54, 1.807) is 12.1 Å². The fourth-order valence-corrected chi connectivity index (χ4v) is 4.62. The second kappa shape index (κ2) is 7.59. The molecule has 2 aliphatic rings. The number of phenolic OH excluding ortho intramolecular Hbond substituents is 1. The third-order valence-electron chi connectivity index (χ3n) is 5.34. The van der Waals surface area contributed by atoms with Crippen LogP contribution in [0.1, 0.15) is 54.0 Å². The van der Waals surface area contributed by atoms with Crippen LogP contribution in [0, 0.1) is 6.92 Å². The Morgan fingerprint density at radius 3 is 2.62 bits per heavy atom. The van der Waals surface area contributed by atoms with E-state index in [0.29, 0.717) is 10.7 Å². The van der Waals surface area contributed by atoms with Gasteiger partial charge in [-0.15, -0.1) is 0 Å². The van der Waals surface area contributed by atoms with Crippen LogP contribution in [0.4, 0.5) is 4.79 Å². The van der Waals surface area contributed by atoms with Gasteiger partial charge in [-0.3, -0.25) is 14.9 Å². The molecule has 1 fully saturated rings. The van der Waals surface area contributed by atoms with Crippen molar-refractivity contribution >= 4 is 29.0 Å². The minimum absolute atomic E-state index is 0.192. The number of ether oxygens (including phenoxy) is 1. The molecule has 150 valence electrons. The summed E-state index contributed by atoms with van der Waals surface area (Å²) >= 11 is 0.939. The highest BCUT2D eigenvalue weighted by Gasteiger charge is 2.27. The highest BCUT2D eigenvalue weighted by Crippen LogP contribution is 2.41. The Kier molecular flexibility index (Phi) is 5.13. The van der Waals surface area contributed by atoms with Gasteiger partial charge in [-0.05, 0) is 96.5 Å². The fraction of sp³-hybridized carbons (Fsp3) is 0.304. The van der Waals surface area contributed by atoms with Gasteiger partial charge < -0.3 is 9.84 Å². The number of hydrogen-bond donors (Lipinski definition) is 2. The summed E-state index contributed by atoms with van der Waals surface area (Å²) in [6.45, 7) is 6.06. The van der Waals surface area contributed by atoms with E-state index in [1.165, 1.54) is 5.56 Å². The average molecular weight is 410 g/mol. The molecule has 0 atom stereocenters. The van der Waals surface area contributed by atoms with Gasteiger partial charge in [-0.25, -0.2) is 0 Å². The molecule has 2 aromatic rings. The van der Waals surface area contributed by atoms with Crippen LogP contribution < -0.4 is 10.1 Å². The lowest BCUT2D eigenvalue weighted by molar-refractivity contribution is -0.115. The van der Waals surface area contributed by atoms with Gasteiger partial charge in [0.15, 0.2) is 0 Å². The van der Waals surface area contributed by atoms with Crippen molar-refractivity contribution in [2.45, 2.75) is 46.0 Å². The van der Waals surface area contributed by atoms with Gasteiger partial charge in [0.1, 0.15) is 17.2 Å². The molecule has 0 spiro atoms. The van der Waals surface area contributed by atoms with Gasteiger partial charge in [-0.2, -0.15) is 0 Å². The zero-order valence-electron chi connectivity index (χ0n) is 16.7. The van der Waals surface area contributed by atoms with Crippen LogP contribution in [0.5, 0.6) is 17.2 Å². The first-order valence-electron chi connectivity index (χ1n) is 9.74. The lowest BCUT2D eigenvalue weighted by Gasteiger charge is -2.17. The van der Waals surface area contributed by atoms with E-state index in [0.717, 1.165) is 59.0 Å². The Balaban J connectivity index is 1.73. The van der Waals surface area contributed by atoms with Gasteiger partial charge in [0.25, 0.3) is 11.1 Å². The van der Waals surface area contributed by atoms with Crippen molar-refractivity contribution in [3.8, 4) is 17.2 Å². The number of phenols is 1. The molecule has 0 unspecified atom stereocenters. The summed E-state index contributed by atoms with van der Waals surface area (Å²) in [5.74, 6) is 1.68. The molecule has 0 aromatic heterocycles. The van der Waals surface area contributed by atoms with Crippen LogP contribution in [-0.4, -0.2) is 16.3 Å². The van der Waals surface area contributed by atoms with Gasteiger partial charge in [0, 0.05) is 5.56 Å². The van der Waals surface area contributed by atoms with Gasteiger partial charge in [0.05, 0.1) is 4.91 Å². The normalized spacial score (nSPS) is 17.2. The predicted octanol–water partition coefficient (Wildman–Crippen LogP) is 5.43. The van der Waals surface area contributed by atoms with Crippen LogP contribution in [0.15, 0.2) is 29.2 Å². The molecule has 1 heterocycles. The van der Waals surface area contributed by atoms with Crippen LogP contribution >= 0.6 is 11.8 Å². The molecule has 1 aliphatic heterocycles. The maximum Gasteiger partial charge on any atom is 0.290 e. The van der Waals surface area contributed by atoms with E-state index < -0.39 is 0 Å². The Morgan fingerprint density at radius 2 is 1.93 bits per heavy atom. The van der Waals surface area contributed by atoms with Crippen molar-refractivity contribution in [1.29, 1.82) is 0 Å². The number of fused-ring (bicyclic) bond motifs is 1. The standard InChI is InChI=1S/C23H23NO4S/c1-12(2)18-11-15(7-8-19(18)25)28-21-13(3)9-14(16-5-4-6-17(16)21)10-20-22(26)24-23(27)29-20/h7-12,25H,4-6H2,1-3H3,(H,24,26,27)/b20-10-. The second-order valence-corrected chi connectivity index (χ2v) is 8.77. The number of aromatic hydroxyl groups is 1. The van der Waals surface area contributed by atoms with Gasteiger partial charge in [0.2, 0.25) is 0 Å². The topological polar surface area (TPSA) is 75.6 Å². The molecule has 2 aromatic carbocycles. The Bertz CT molecular complexity index is 1060. The summed E-state index contributed by atoms with van der Waals surface area (Å²) in [5.41, 5.74) is 5.14. The number of carbonyl (C=O) groups excluding carboxylic acids is 2. The summed E-state index contributed by atoms with van der Waals surface area (Å²) in [6, 6.07) is 7.36. The van der Waals surface area contributed by atoms with E-state index in [-0.39, 0.29) is 22.8 Å².